The third kappa shape index (κ3) is 6.57. The van der Waals surface area contributed by atoms with Crippen LogP contribution >= 0.6 is 7.82 Å². The average molecular weight is 409 g/mol. The van der Waals surface area contributed by atoms with E-state index in [1.807, 2.05) is 0 Å². The Morgan fingerprint density at radius 2 is 1.85 bits per heavy atom. The Labute approximate surface area is 158 Å². The highest BCUT2D eigenvalue weighted by atomic mass is 31.2. The molecule has 0 bridgehead atoms. The second-order valence-corrected chi connectivity index (χ2v) is 9.08. The van der Waals surface area contributed by atoms with E-state index < -0.39 is 42.6 Å². The van der Waals surface area contributed by atoms with Crippen LogP contribution in [0.15, 0.2) is 0 Å². The minimum Gasteiger partial charge on any atom is -0.469 e. The molecule has 0 aromatic carbocycles. The van der Waals surface area contributed by atoms with Crippen LogP contribution in [0.5, 0.6) is 0 Å². The summed E-state index contributed by atoms with van der Waals surface area (Å²) < 4.78 is 37.8. The monoisotopic (exact) mass is 409 g/mol. The maximum absolute atomic E-state index is 12.7. The van der Waals surface area contributed by atoms with Crippen LogP contribution in [0.3, 0.4) is 0 Å². The highest BCUT2D eigenvalue weighted by Gasteiger charge is 2.49. The van der Waals surface area contributed by atoms with E-state index in [2.05, 4.69) is 14.8 Å². The number of methoxy groups -OCH3 is 2. The molecule has 1 fully saturated rings. The number of esters is 2. The van der Waals surface area contributed by atoms with Crippen LogP contribution in [0.4, 0.5) is 0 Å². The van der Waals surface area contributed by atoms with Gasteiger partial charge in [-0.1, -0.05) is 13.8 Å². The highest BCUT2D eigenvalue weighted by molar-refractivity contribution is 7.48. The quantitative estimate of drug-likeness (QED) is 0.468. The van der Waals surface area contributed by atoms with E-state index in [1.165, 1.54) is 14.2 Å². The van der Waals surface area contributed by atoms with E-state index in [1.54, 1.807) is 27.7 Å². The Kier molecular flexibility index (Phi) is 7.98. The van der Waals surface area contributed by atoms with Gasteiger partial charge in [-0.05, 0) is 13.8 Å². The van der Waals surface area contributed by atoms with Crippen molar-refractivity contribution in [3.05, 3.63) is 0 Å². The van der Waals surface area contributed by atoms with Crippen molar-refractivity contribution in [1.82, 2.24) is 5.32 Å². The van der Waals surface area contributed by atoms with Gasteiger partial charge in [0.15, 0.2) is 6.10 Å². The van der Waals surface area contributed by atoms with Gasteiger partial charge in [-0.15, -0.1) is 0 Å². The zero-order valence-electron chi connectivity index (χ0n) is 16.5. The van der Waals surface area contributed by atoms with Gasteiger partial charge in [-0.3, -0.25) is 28.0 Å². The smallest absolute Gasteiger partial charge is 0.469 e. The fourth-order valence-electron chi connectivity index (χ4n) is 2.15. The topological polar surface area (TPSA) is 126 Å². The molecule has 0 aliphatic carbocycles. The lowest BCUT2D eigenvalue weighted by molar-refractivity contribution is -0.154. The van der Waals surface area contributed by atoms with Crippen molar-refractivity contribution in [2.75, 3.05) is 34.0 Å². The van der Waals surface area contributed by atoms with E-state index in [9.17, 15) is 18.9 Å². The SMILES string of the molecule is COC(=O)CCNC(=O)[C@@H]1OP(=O)(OCC(C)(C)C(=O)OC)OCC1(C)C. The molecule has 0 spiro atoms. The summed E-state index contributed by atoms with van der Waals surface area (Å²) in [5, 5.41) is 2.54. The Morgan fingerprint density at radius 1 is 1.22 bits per heavy atom. The van der Waals surface area contributed by atoms with Crippen molar-refractivity contribution in [3.8, 4) is 0 Å². The maximum atomic E-state index is 12.7. The molecule has 1 saturated heterocycles. The fraction of sp³-hybridized carbons (Fsp3) is 0.812. The zero-order chi connectivity index (χ0) is 20.9. The van der Waals surface area contributed by atoms with Crippen LogP contribution in [0.25, 0.3) is 0 Å². The number of ether oxygens (including phenoxy) is 2. The second-order valence-electron chi connectivity index (χ2n) is 7.46. The molecule has 10 nitrogen and oxygen atoms in total. The molecule has 0 saturated carbocycles. The lowest BCUT2D eigenvalue weighted by atomic mass is 9.87. The maximum Gasteiger partial charge on any atom is 0.475 e. The lowest BCUT2D eigenvalue weighted by Crippen LogP contribution is -2.50. The van der Waals surface area contributed by atoms with Crippen LogP contribution in [-0.2, 0) is 42.0 Å². The van der Waals surface area contributed by atoms with Crippen molar-refractivity contribution in [2.45, 2.75) is 40.2 Å². The zero-order valence-corrected chi connectivity index (χ0v) is 17.4. The molecular weight excluding hydrogens is 381 g/mol. The number of hydrogen-bond donors (Lipinski definition) is 1. The van der Waals surface area contributed by atoms with Crippen molar-refractivity contribution < 1.29 is 42.0 Å². The first kappa shape index (κ1) is 23.6. The van der Waals surface area contributed by atoms with Crippen molar-refractivity contribution >= 4 is 25.7 Å². The predicted octanol–water partition coefficient (Wildman–Crippen LogP) is 1.43. The Hall–Kier alpha value is -1.48. The molecule has 27 heavy (non-hydrogen) atoms. The van der Waals surface area contributed by atoms with E-state index in [-0.39, 0.29) is 26.2 Å². The molecule has 11 heteroatoms. The van der Waals surface area contributed by atoms with E-state index in [0.29, 0.717) is 0 Å². The fourth-order valence-corrected chi connectivity index (χ4v) is 3.96. The van der Waals surface area contributed by atoms with E-state index >= 15 is 0 Å². The number of nitrogens with one attached hydrogen (secondary N) is 1. The number of amides is 1. The predicted molar refractivity (Wildman–Crippen MR) is 93.6 cm³/mol. The summed E-state index contributed by atoms with van der Waals surface area (Å²) in [6, 6.07) is 0. The summed E-state index contributed by atoms with van der Waals surface area (Å²) in [4.78, 5) is 35.3. The Balaban J connectivity index is 2.75. The number of carbonyl (C=O) groups excluding carboxylic acids is 3. The molecule has 156 valence electrons. The molecule has 1 amide bonds. The molecule has 1 N–H and O–H groups in total. The van der Waals surface area contributed by atoms with Crippen LogP contribution < -0.4 is 5.32 Å². The van der Waals surface area contributed by atoms with Crippen LogP contribution in [0, 0.1) is 10.8 Å². The first-order valence-corrected chi connectivity index (χ1v) is 9.83. The summed E-state index contributed by atoms with van der Waals surface area (Å²) >= 11 is 0. The normalized spacial score (nSPS) is 24.7. The van der Waals surface area contributed by atoms with Gasteiger partial charge < -0.3 is 14.8 Å². The third-order valence-corrected chi connectivity index (χ3v) is 5.31. The van der Waals surface area contributed by atoms with Gasteiger partial charge in [0.25, 0.3) is 0 Å². The van der Waals surface area contributed by atoms with E-state index in [0.717, 1.165) is 0 Å². The van der Waals surface area contributed by atoms with Gasteiger partial charge in [0.2, 0.25) is 5.91 Å². The Bertz CT molecular complexity index is 617. The van der Waals surface area contributed by atoms with Gasteiger partial charge in [0.05, 0.1) is 39.3 Å². The second kappa shape index (κ2) is 9.14. The molecule has 1 unspecified atom stereocenters. The first-order valence-electron chi connectivity index (χ1n) is 8.37. The third-order valence-electron chi connectivity index (χ3n) is 3.95. The minimum atomic E-state index is -4.07. The molecule has 1 heterocycles. The Morgan fingerprint density at radius 3 is 2.41 bits per heavy atom. The molecule has 0 radical (unpaired) electrons. The standard InChI is InChI=1S/C16H28NO9P/c1-15(2)9-24-27(21,25-10-16(3,4)14(20)23-6)26-12(15)13(19)17-8-7-11(18)22-5/h12H,7-10H2,1-6H3,(H,17,19)/t12-,27?/m0/s1. The average Bonchev–Trinajstić information content (AvgIpc) is 2.61. The van der Waals surface area contributed by atoms with Gasteiger partial charge >= 0.3 is 19.8 Å². The van der Waals surface area contributed by atoms with Crippen LogP contribution in [0.1, 0.15) is 34.1 Å². The summed E-state index contributed by atoms with van der Waals surface area (Å²) in [5.74, 6) is -1.58. The summed E-state index contributed by atoms with van der Waals surface area (Å²) in [6.07, 6.45) is -1.14. The lowest BCUT2D eigenvalue weighted by Gasteiger charge is -2.39. The van der Waals surface area contributed by atoms with Gasteiger partial charge in [-0.25, -0.2) is 4.57 Å². The molecule has 1 aliphatic heterocycles. The van der Waals surface area contributed by atoms with Crippen molar-refractivity contribution in [1.29, 1.82) is 0 Å². The number of hydrogen-bond acceptors (Lipinski definition) is 9. The molecule has 0 aromatic rings. The number of phosphoric acid groups is 1. The molecule has 0 aromatic heterocycles. The molecule has 2 atom stereocenters. The van der Waals surface area contributed by atoms with Crippen LogP contribution in [0.2, 0.25) is 0 Å². The van der Waals surface area contributed by atoms with Gasteiger partial charge in [0, 0.05) is 12.0 Å². The number of rotatable bonds is 8. The van der Waals surface area contributed by atoms with Crippen LogP contribution in [-0.4, -0.2) is 57.9 Å². The van der Waals surface area contributed by atoms with E-state index in [4.69, 9.17) is 13.6 Å². The molecule has 1 aliphatic rings. The largest absolute Gasteiger partial charge is 0.475 e. The highest BCUT2D eigenvalue weighted by Crippen LogP contribution is 2.57. The summed E-state index contributed by atoms with van der Waals surface area (Å²) in [5.41, 5.74) is -1.87. The van der Waals surface area contributed by atoms with Gasteiger partial charge in [-0.2, -0.15) is 0 Å². The van der Waals surface area contributed by atoms with Crippen molar-refractivity contribution in [2.24, 2.45) is 10.8 Å². The number of phosphoric ester groups is 1. The number of carbonyl (C=O) groups is 3. The van der Waals surface area contributed by atoms with Crippen molar-refractivity contribution in [3.63, 3.8) is 0 Å². The molecule has 1 rings (SSSR count). The van der Waals surface area contributed by atoms with Gasteiger partial charge in [0.1, 0.15) is 0 Å². The molecular formula is C16H28NO9P. The minimum absolute atomic E-state index is 0.00658. The summed E-state index contributed by atoms with van der Waals surface area (Å²) in [6.45, 7) is 6.22. The first-order chi connectivity index (χ1) is 12.4. The summed E-state index contributed by atoms with van der Waals surface area (Å²) in [7, 11) is -1.59.